The van der Waals surface area contributed by atoms with Crippen molar-refractivity contribution in [3.63, 3.8) is 0 Å². The Bertz CT molecular complexity index is 859. The third kappa shape index (κ3) is 5.89. The highest BCUT2D eigenvalue weighted by Crippen LogP contribution is 2.32. The lowest BCUT2D eigenvalue weighted by Crippen LogP contribution is -2.40. The molecule has 2 rings (SSSR count). The topological polar surface area (TPSA) is 89.9 Å². The van der Waals surface area contributed by atoms with E-state index in [4.69, 9.17) is 14.0 Å². The average molecular weight is 425 g/mol. The zero-order valence-corrected chi connectivity index (χ0v) is 17.5. The Labute approximate surface area is 170 Å². The molecular formula is C20H24O6S2. The van der Waals surface area contributed by atoms with E-state index in [0.717, 1.165) is 10.6 Å². The van der Waals surface area contributed by atoms with Crippen molar-refractivity contribution in [2.24, 2.45) is 0 Å². The van der Waals surface area contributed by atoms with Crippen LogP contribution in [0.2, 0.25) is 0 Å². The van der Waals surface area contributed by atoms with Crippen molar-refractivity contribution in [2.75, 3.05) is 25.7 Å². The maximum Gasteiger partial charge on any atom is 0.264 e. The minimum absolute atomic E-state index is 0.224. The van der Waals surface area contributed by atoms with Gasteiger partial charge in [-0.25, -0.2) is 0 Å². The van der Waals surface area contributed by atoms with E-state index in [0.29, 0.717) is 24.0 Å². The number of hydrogen-bond donors (Lipinski definition) is 1. The second-order valence-electron chi connectivity index (χ2n) is 6.09. The van der Waals surface area contributed by atoms with E-state index in [2.05, 4.69) is 0 Å². The lowest BCUT2D eigenvalue weighted by atomic mass is 9.96. The summed E-state index contributed by atoms with van der Waals surface area (Å²) < 4.78 is 41.2. The molecule has 152 valence electrons. The summed E-state index contributed by atoms with van der Waals surface area (Å²) in [4.78, 5) is 14.0. The minimum Gasteiger partial charge on any atom is -0.343 e. The number of carbonyl (C=O) groups excluding carboxylic acids is 1. The van der Waals surface area contributed by atoms with Crippen molar-refractivity contribution >= 4 is 27.7 Å². The van der Waals surface area contributed by atoms with E-state index in [1.165, 1.54) is 14.2 Å². The number of Topliss-reactive ketones (excluding diaryl/α,β-unsaturated/α-hetero) is 1. The zero-order valence-electron chi connectivity index (χ0n) is 15.8. The fourth-order valence-corrected chi connectivity index (χ4v) is 4.24. The van der Waals surface area contributed by atoms with Crippen LogP contribution in [-0.2, 0) is 25.4 Å². The second-order valence-corrected chi connectivity index (χ2v) is 8.83. The van der Waals surface area contributed by atoms with Crippen LogP contribution in [-0.4, -0.2) is 44.5 Å². The molecule has 0 spiro atoms. The van der Waals surface area contributed by atoms with Crippen LogP contribution in [0.1, 0.15) is 28.8 Å². The summed E-state index contributed by atoms with van der Waals surface area (Å²) in [5.74, 6) is -1.32. The number of benzene rings is 2. The van der Waals surface area contributed by atoms with Gasteiger partial charge in [0.1, 0.15) is 0 Å². The molecular weight excluding hydrogens is 400 g/mol. The third-order valence-electron chi connectivity index (χ3n) is 4.21. The smallest absolute Gasteiger partial charge is 0.264 e. The standard InChI is InChI=1S/C20H24O6S2/c1-25-20(26-2,19(21)16-8-4-3-5-9-16)17-10-12-18(13-11-17)27-14-6-7-15-28(22,23)24/h3-5,8-13H,6-7,14-15H2,1-2H3,(H,22,23,24). The van der Waals surface area contributed by atoms with Gasteiger partial charge < -0.3 is 9.47 Å². The number of methoxy groups -OCH3 is 2. The fraction of sp³-hybridized carbons (Fsp3) is 0.350. The van der Waals surface area contributed by atoms with Crippen molar-refractivity contribution in [3.8, 4) is 0 Å². The van der Waals surface area contributed by atoms with Crippen molar-refractivity contribution in [1.29, 1.82) is 0 Å². The summed E-state index contributed by atoms with van der Waals surface area (Å²) in [6, 6.07) is 16.1. The first kappa shape index (κ1) is 22.6. The molecule has 0 radical (unpaired) electrons. The Morgan fingerprint density at radius 1 is 1.00 bits per heavy atom. The van der Waals surface area contributed by atoms with Gasteiger partial charge in [-0.15, -0.1) is 11.8 Å². The van der Waals surface area contributed by atoms with Gasteiger partial charge in [-0.3, -0.25) is 9.35 Å². The molecule has 2 aromatic rings. The largest absolute Gasteiger partial charge is 0.343 e. The third-order valence-corrected chi connectivity index (χ3v) is 6.11. The first-order valence-electron chi connectivity index (χ1n) is 8.71. The SMILES string of the molecule is COC(OC)(C(=O)c1ccccc1)c1ccc(SCCCCS(=O)(=O)O)cc1. The highest BCUT2D eigenvalue weighted by Gasteiger charge is 2.41. The van der Waals surface area contributed by atoms with Crippen molar-refractivity contribution < 1.29 is 27.2 Å². The lowest BCUT2D eigenvalue weighted by molar-refractivity contribution is -0.176. The highest BCUT2D eigenvalue weighted by atomic mass is 32.2. The molecule has 6 nitrogen and oxygen atoms in total. The van der Waals surface area contributed by atoms with Crippen LogP contribution in [0.3, 0.4) is 0 Å². The van der Waals surface area contributed by atoms with Crippen LogP contribution < -0.4 is 0 Å². The molecule has 0 aliphatic carbocycles. The average Bonchev–Trinajstić information content (AvgIpc) is 2.70. The Hall–Kier alpha value is -1.71. The molecule has 8 heteroatoms. The minimum atomic E-state index is -3.90. The van der Waals surface area contributed by atoms with Gasteiger partial charge in [0.05, 0.1) is 5.75 Å². The number of rotatable bonds is 11. The summed E-state index contributed by atoms with van der Waals surface area (Å²) in [6.45, 7) is 0. The zero-order chi connectivity index (χ0) is 20.6. The Kier molecular flexibility index (Phi) is 8.21. The van der Waals surface area contributed by atoms with E-state index in [-0.39, 0.29) is 11.5 Å². The molecule has 0 atom stereocenters. The van der Waals surface area contributed by atoms with E-state index in [1.54, 1.807) is 48.2 Å². The maximum absolute atomic E-state index is 13.0. The molecule has 0 heterocycles. The van der Waals surface area contributed by atoms with Gasteiger partial charge in [0.25, 0.3) is 15.9 Å². The number of hydrogen-bond acceptors (Lipinski definition) is 6. The van der Waals surface area contributed by atoms with Crippen molar-refractivity contribution in [3.05, 3.63) is 65.7 Å². The van der Waals surface area contributed by atoms with Crippen LogP contribution in [0.4, 0.5) is 0 Å². The number of ether oxygens (including phenoxy) is 2. The number of carbonyl (C=O) groups is 1. The van der Waals surface area contributed by atoms with Gasteiger partial charge in [0, 0.05) is 30.2 Å². The molecule has 0 unspecified atom stereocenters. The fourth-order valence-electron chi connectivity index (χ4n) is 2.76. The molecule has 2 aromatic carbocycles. The summed E-state index contributed by atoms with van der Waals surface area (Å²) in [7, 11) is -1.03. The summed E-state index contributed by atoms with van der Waals surface area (Å²) in [5, 5.41) is 0. The monoisotopic (exact) mass is 424 g/mol. The van der Waals surface area contributed by atoms with Crippen molar-refractivity contribution in [2.45, 2.75) is 23.5 Å². The molecule has 0 bridgehead atoms. The van der Waals surface area contributed by atoms with Gasteiger partial charge >= 0.3 is 0 Å². The first-order chi connectivity index (χ1) is 13.3. The van der Waals surface area contributed by atoms with Crippen molar-refractivity contribution in [1.82, 2.24) is 0 Å². The molecule has 0 fully saturated rings. The van der Waals surface area contributed by atoms with Gasteiger partial charge in [0.15, 0.2) is 0 Å². The molecule has 28 heavy (non-hydrogen) atoms. The van der Waals surface area contributed by atoms with E-state index >= 15 is 0 Å². The van der Waals surface area contributed by atoms with Gasteiger partial charge in [-0.2, -0.15) is 8.42 Å². The Morgan fingerprint density at radius 2 is 1.61 bits per heavy atom. The second kappa shape index (κ2) is 10.2. The first-order valence-corrected chi connectivity index (χ1v) is 11.3. The normalized spacial score (nSPS) is 12.1. The van der Waals surface area contributed by atoms with E-state index in [9.17, 15) is 13.2 Å². The quantitative estimate of drug-likeness (QED) is 0.193. The molecule has 0 aliphatic rings. The van der Waals surface area contributed by atoms with Gasteiger partial charge in [-0.1, -0.05) is 42.5 Å². The van der Waals surface area contributed by atoms with E-state index < -0.39 is 15.9 Å². The van der Waals surface area contributed by atoms with Crippen LogP contribution in [0.15, 0.2) is 59.5 Å². The van der Waals surface area contributed by atoms with Crippen LogP contribution in [0.25, 0.3) is 0 Å². The molecule has 0 aromatic heterocycles. The Balaban J connectivity index is 2.07. The van der Waals surface area contributed by atoms with Crippen LogP contribution in [0.5, 0.6) is 0 Å². The van der Waals surface area contributed by atoms with Gasteiger partial charge in [0.2, 0.25) is 5.78 Å². The molecule has 0 saturated carbocycles. The predicted octanol–water partition coefficient (Wildman–Crippen LogP) is 3.78. The summed E-state index contributed by atoms with van der Waals surface area (Å²) in [5.41, 5.74) is 1.07. The predicted molar refractivity (Wildman–Crippen MR) is 109 cm³/mol. The number of unbranched alkanes of at least 4 members (excludes halogenated alkanes) is 1. The van der Waals surface area contributed by atoms with Crippen LogP contribution >= 0.6 is 11.8 Å². The lowest BCUT2D eigenvalue weighted by Gasteiger charge is -2.29. The van der Waals surface area contributed by atoms with Gasteiger partial charge in [-0.05, 0) is 30.7 Å². The molecule has 0 amide bonds. The molecule has 0 saturated heterocycles. The summed E-state index contributed by atoms with van der Waals surface area (Å²) in [6.07, 6.45) is 1.07. The maximum atomic E-state index is 13.0. The molecule has 1 N–H and O–H groups in total. The number of thioether (sulfide) groups is 1. The Morgan fingerprint density at radius 3 is 2.14 bits per heavy atom. The van der Waals surface area contributed by atoms with E-state index in [1.807, 2.05) is 18.2 Å². The number of ketones is 1. The van der Waals surface area contributed by atoms with Crippen LogP contribution in [0, 0.1) is 0 Å². The highest BCUT2D eigenvalue weighted by molar-refractivity contribution is 7.99. The molecule has 0 aliphatic heterocycles. The summed E-state index contributed by atoms with van der Waals surface area (Å²) >= 11 is 1.57.